The number of fused-ring (bicyclic) bond motifs is 1. The average molecular weight is 398 g/mol. The van der Waals surface area contributed by atoms with Crippen molar-refractivity contribution in [1.82, 2.24) is 14.5 Å². The molecule has 0 radical (unpaired) electrons. The second kappa shape index (κ2) is 6.46. The van der Waals surface area contributed by atoms with E-state index >= 15 is 0 Å². The van der Waals surface area contributed by atoms with Crippen molar-refractivity contribution in [2.75, 3.05) is 13.1 Å². The average Bonchev–Trinajstić information content (AvgIpc) is 2.92. The van der Waals surface area contributed by atoms with Gasteiger partial charge in [-0.2, -0.15) is 4.98 Å². The van der Waals surface area contributed by atoms with Crippen LogP contribution in [0.15, 0.2) is 18.2 Å². The Kier molecular flexibility index (Phi) is 4.21. The summed E-state index contributed by atoms with van der Waals surface area (Å²) in [6.07, 6.45) is 5.69. The molecule has 6 nitrogen and oxygen atoms in total. The van der Waals surface area contributed by atoms with Crippen molar-refractivity contribution in [2.24, 2.45) is 18.4 Å². The number of carbonyl (C=O) groups excluding carboxylic acids is 1. The van der Waals surface area contributed by atoms with Gasteiger partial charge in [-0.05, 0) is 64.5 Å². The number of rotatable bonds is 3. The number of pyridine rings is 1. The maximum absolute atomic E-state index is 12.5. The monoisotopic (exact) mass is 397 g/mol. The molecule has 2 aromatic heterocycles. The van der Waals surface area contributed by atoms with Gasteiger partial charge in [0.15, 0.2) is 0 Å². The molecule has 2 aromatic rings. The second-order valence-corrected chi connectivity index (χ2v) is 10.0. The SMILES string of the molecule is Cc1cc2ccc(OC3CCC4(CC3)CN(C(=O)[C@H]3C[C@@](C)(O)C3)C4)nc2n1C. The highest BCUT2D eigenvalue weighted by molar-refractivity contribution is 5.81. The minimum atomic E-state index is -0.632. The Bertz CT molecular complexity index is 940. The Morgan fingerprint density at radius 1 is 1.24 bits per heavy atom. The Labute approximate surface area is 171 Å². The quantitative estimate of drug-likeness (QED) is 0.864. The first-order valence-corrected chi connectivity index (χ1v) is 10.8. The molecule has 3 heterocycles. The number of nitrogens with zero attached hydrogens (tertiary/aromatic N) is 3. The van der Waals surface area contributed by atoms with Crippen molar-refractivity contribution >= 4 is 16.9 Å². The van der Waals surface area contributed by atoms with Crippen LogP contribution < -0.4 is 4.74 Å². The third kappa shape index (κ3) is 3.31. The molecule has 1 spiro atoms. The lowest BCUT2D eigenvalue weighted by Crippen LogP contribution is -2.63. The number of hydrogen-bond acceptors (Lipinski definition) is 4. The topological polar surface area (TPSA) is 67.6 Å². The number of carbonyl (C=O) groups is 1. The van der Waals surface area contributed by atoms with Gasteiger partial charge in [0, 0.05) is 48.6 Å². The van der Waals surface area contributed by atoms with Crippen molar-refractivity contribution in [3.05, 3.63) is 23.9 Å². The molecular weight excluding hydrogens is 366 g/mol. The van der Waals surface area contributed by atoms with E-state index in [0.29, 0.717) is 18.7 Å². The lowest BCUT2D eigenvalue weighted by atomic mass is 9.66. The van der Waals surface area contributed by atoms with E-state index in [1.165, 1.54) is 5.69 Å². The first kappa shape index (κ1) is 18.9. The number of aliphatic hydroxyl groups is 1. The van der Waals surface area contributed by atoms with Gasteiger partial charge in [-0.15, -0.1) is 0 Å². The fourth-order valence-corrected chi connectivity index (χ4v) is 5.54. The predicted octanol–water partition coefficient (Wildman–Crippen LogP) is 3.19. The molecule has 156 valence electrons. The predicted molar refractivity (Wildman–Crippen MR) is 111 cm³/mol. The zero-order valence-electron chi connectivity index (χ0n) is 17.6. The summed E-state index contributed by atoms with van der Waals surface area (Å²) in [6, 6.07) is 6.20. The van der Waals surface area contributed by atoms with Crippen molar-refractivity contribution < 1.29 is 14.6 Å². The summed E-state index contributed by atoms with van der Waals surface area (Å²) in [5.41, 5.74) is 1.82. The van der Waals surface area contributed by atoms with Gasteiger partial charge in [-0.1, -0.05) is 0 Å². The van der Waals surface area contributed by atoms with Gasteiger partial charge in [0.05, 0.1) is 5.60 Å². The highest BCUT2D eigenvalue weighted by Gasteiger charge is 2.51. The van der Waals surface area contributed by atoms with Crippen LogP contribution in [0.1, 0.15) is 51.1 Å². The van der Waals surface area contributed by atoms with Gasteiger partial charge in [-0.3, -0.25) is 4.79 Å². The summed E-state index contributed by atoms with van der Waals surface area (Å²) in [5.74, 6) is 0.988. The van der Waals surface area contributed by atoms with Gasteiger partial charge in [0.25, 0.3) is 0 Å². The van der Waals surface area contributed by atoms with Crippen LogP contribution in [0.25, 0.3) is 11.0 Å². The van der Waals surface area contributed by atoms with E-state index in [0.717, 1.165) is 49.8 Å². The van der Waals surface area contributed by atoms with Crippen LogP contribution in [0.4, 0.5) is 0 Å². The normalized spacial score (nSPS) is 29.0. The molecule has 1 aliphatic heterocycles. The van der Waals surface area contributed by atoms with Crippen molar-refractivity contribution in [1.29, 1.82) is 0 Å². The van der Waals surface area contributed by atoms with Crippen molar-refractivity contribution in [3.63, 3.8) is 0 Å². The zero-order chi connectivity index (χ0) is 20.4. The van der Waals surface area contributed by atoms with Crippen LogP contribution in [0, 0.1) is 18.3 Å². The highest BCUT2D eigenvalue weighted by Crippen LogP contribution is 2.47. The summed E-state index contributed by atoms with van der Waals surface area (Å²) in [4.78, 5) is 19.3. The second-order valence-electron chi connectivity index (χ2n) is 10.0. The van der Waals surface area contributed by atoms with Gasteiger partial charge in [0.1, 0.15) is 11.8 Å². The number of aromatic nitrogens is 2. The molecule has 2 aliphatic carbocycles. The molecule has 1 amide bonds. The van der Waals surface area contributed by atoms with Crippen LogP contribution in [-0.4, -0.2) is 50.3 Å². The van der Waals surface area contributed by atoms with Gasteiger partial charge in [0.2, 0.25) is 11.8 Å². The lowest BCUT2D eigenvalue weighted by Gasteiger charge is -2.55. The van der Waals surface area contributed by atoms with Gasteiger partial charge >= 0.3 is 0 Å². The van der Waals surface area contributed by atoms with Crippen LogP contribution in [0.5, 0.6) is 5.88 Å². The van der Waals surface area contributed by atoms with E-state index in [1.54, 1.807) is 0 Å². The summed E-state index contributed by atoms with van der Waals surface area (Å²) in [5, 5.41) is 11.0. The number of hydrogen-bond donors (Lipinski definition) is 1. The van der Waals surface area contributed by atoms with Gasteiger partial charge in [-0.25, -0.2) is 0 Å². The fourth-order valence-electron chi connectivity index (χ4n) is 5.54. The van der Waals surface area contributed by atoms with Crippen LogP contribution in [0.3, 0.4) is 0 Å². The molecule has 1 N–H and O–H groups in total. The molecule has 0 unspecified atom stereocenters. The van der Waals surface area contributed by atoms with E-state index in [4.69, 9.17) is 9.72 Å². The Balaban J connectivity index is 1.14. The molecule has 6 heteroatoms. The maximum atomic E-state index is 12.5. The molecule has 29 heavy (non-hydrogen) atoms. The molecule has 5 rings (SSSR count). The number of ether oxygens (including phenoxy) is 1. The van der Waals surface area contributed by atoms with E-state index in [2.05, 4.69) is 23.6 Å². The standard InChI is InChI=1S/C23H31N3O3/c1-15-10-16-4-5-19(24-20(16)25(15)3)29-18-6-8-23(9-7-18)13-26(14-23)21(27)17-11-22(2,28)12-17/h4-5,10,17-18,28H,6-9,11-14H2,1-3H3/t17-,22+. The molecule has 0 aromatic carbocycles. The van der Waals surface area contributed by atoms with E-state index in [9.17, 15) is 9.90 Å². The third-order valence-corrected chi connectivity index (χ3v) is 7.46. The summed E-state index contributed by atoms with van der Waals surface area (Å²) < 4.78 is 8.32. The minimum Gasteiger partial charge on any atom is -0.474 e. The maximum Gasteiger partial charge on any atom is 0.225 e. The summed E-state index contributed by atoms with van der Waals surface area (Å²) in [7, 11) is 2.03. The lowest BCUT2D eigenvalue weighted by molar-refractivity contribution is -0.164. The van der Waals surface area contributed by atoms with Crippen LogP contribution in [-0.2, 0) is 11.8 Å². The summed E-state index contributed by atoms with van der Waals surface area (Å²) >= 11 is 0. The highest BCUT2D eigenvalue weighted by atomic mass is 16.5. The molecule has 1 saturated heterocycles. The number of amides is 1. The van der Waals surface area contributed by atoms with E-state index in [1.807, 2.05) is 24.9 Å². The Morgan fingerprint density at radius 2 is 1.93 bits per heavy atom. The Morgan fingerprint density at radius 3 is 2.59 bits per heavy atom. The van der Waals surface area contributed by atoms with Crippen molar-refractivity contribution in [2.45, 2.75) is 64.1 Å². The van der Waals surface area contributed by atoms with Crippen molar-refractivity contribution in [3.8, 4) is 5.88 Å². The zero-order valence-corrected chi connectivity index (χ0v) is 17.6. The Hall–Kier alpha value is -2.08. The van der Waals surface area contributed by atoms with Gasteiger partial charge < -0.3 is 19.3 Å². The number of likely N-dealkylation sites (tertiary alicyclic amines) is 1. The van der Waals surface area contributed by atoms with E-state index in [-0.39, 0.29) is 23.3 Å². The van der Waals surface area contributed by atoms with E-state index < -0.39 is 5.60 Å². The van der Waals surface area contributed by atoms with Crippen LogP contribution >= 0.6 is 0 Å². The van der Waals surface area contributed by atoms with Crippen LogP contribution in [0.2, 0.25) is 0 Å². The molecule has 3 aliphatic rings. The third-order valence-electron chi connectivity index (χ3n) is 7.46. The molecule has 0 bridgehead atoms. The first-order valence-electron chi connectivity index (χ1n) is 10.8. The molecular formula is C23H31N3O3. The minimum absolute atomic E-state index is 0.0316. The smallest absolute Gasteiger partial charge is 0.225 e. The first-order chi connectivity index (χ1) is 13.7. The molecule has 3 fully saturated rings. The fraction of sp³-hybridized carbons (Fsp3) is 0.652. The molecule has 0 atom stereocenters. The largest absolute Gasteiger partial charge is 0.474 e. The summed E-state index contributed by atoms with van der Waals surface area (Å²) in [6.45, 7) is 5.66. The molecule has 2 saturated carbocycles. The number of aryl methyl sites for hydroxylation is 2.